The quantitative estimate of drug-likeness (QED) is 0.570. The van der Waals surface area contributed by atoms with Crippen LogP contribution in [0.1, 0.15) is 30.1 Å². The van der Waals surface area contributed by atoms with Crippen LogP contribution in [-0.2, 0) is 0 Å². The Labute approximate surface area is 96.6 Å². The second kappa shape index (κ2) is 4.97. The molecule has 1 aliphatic heterocycles. The molecule has 1 aromatic carbocycles. The first-order valence-corrected chi connectivity index (χ1v) is 5.85. The predicted octanol–water partition coefficient (Wildman–Crippen LogP) is 3.05. The summed E-state index contributed by atoms with van der Waals surface area (Å²) in [4.78, 5) is 14.1. The number of nitrogens with zero attached hydrogens (tertiary/aromatic N) is 1. The highest BCUT2D eigenvalue weighted by atomic mass is 16.1. The van der Waals surface area contributed by atoms with Crippen molar-refractivity contribution in [2.75, 3.05) is 18.0 Å². The molecule has 2 rings (SSSR count). The van der Waals surface area contributed by atoms with Crippen LogP contribution in [0.5, 0.6) is 0 Å². The van der Waals surface area contributed by atoms with Crippen LogP contribution >= 0.6 is 0 Å². The largest absolute Gasteiger partial charge is 0.367 e. The van der Waals surface area contributed by atoms with E-state index in [0.29, 0.717) is 6.42 Å². The summed E-state index contributed by atoms with van der Waals surface area (Å²) in [5, 5.41) is 0. The maximum absolute atomic E-state index is 11.8. The monoisotopic (exact) mass is 215 g/mol. The Morgan fingerprint density at radius 2 is 2.12 bits per heavy atom. The Kier molecular flexibility index (Phi) is 3.40. The molecule has 84 valence electrons. The van der Waals surface area contributed by atoms with Crippen molar-refractivity contribution < 1.29 is 4.79 Å². The van der Waals surface area contributed by atoms with E-state index in [1.165, 1.54) is 0 Å². The number of rotatable bonds is 3. The van der Waals surface area contributed by atoms with Crippen LogP contribution in [0.4, 0.5) is 5.69 Å². The molecule has 0 atom stereocenters. The number of hydrogen-bond acceptors (Lipinski definition) is 2. The first-order valence-electron chi connectivity index (χ1n) is 5.85. The SMILES string of the molecule is CCC(=O)c1ccccc1N1CC=CCC1. The van der Waals surface area contributed by atoms with Gasteiger partial charge < -0.3 is 4.90 Å². The third kappa shape index (κ3) is 2.16. The van der Waals surface area contributed by atoms with Gasteiger partial charge in [-0.3, -0.25) is 4.79 Å². The first-order chi connectivity index (χ1) is 7.83. The van der Waals surface area contributed by atoms with Crippen molar-refractivity contribution in [3.63, 3.8) is 0 Å². The Bertz CT molecular complexity index is 409. The maximum Gasteiger partial charge on any atom is 0.164 e. The number of carbonyl (C=O) groups excluding carboxylic acids is 1. The molecule has 0 fully saturated rings. The van der Waals surface area contributed by atoms with Gasteiger partial charge in [0.05, 0.1) is 0 Å². The lowest BCUT2D eigenvalue weighted by atomic mass is 10.0. The molecule has 0 aromatic heterocycles. The number of Topliss-reactive ketones (excluding diaryl/α,β-unsaturated/α-hetero) is 1. The molecule has 1 heterocycles. The summed E-state index contributed by atoms with van der Waals surface area (Å²) in [6.07, 6.45) is 5.99. The van der Waals surface area contributed by atoms with Gasteiger partial charge in [0.1, 0.15) is 0 Å². The van der Waals surface area contributed by atoms with E-state index in [0.717, 1.165) is 30.8 Å². The van der Waals surface area contributed by atoms with E-state index in [4.69, 9.17) is 0 Å². The van der Waals surface area contributed by atoms with Crippen molar-refractivity contribution in [2.45, 2.75) is 19.8 Å². The number of benzene rings is 1. The Hall–Kier alpha value is -1.57. The van der Waals surface area contributed by atoms with E-state index >= 15 is 0 Å². The van der Waals surface area contributed by atoms with Crippen LogP contribution < -0.4 is 4.90 Å². The summed E-state index contributed by atoms with van der Waals surface area (Å²) >= 11 is 0. The fourth-order valence-corrected chi connectivity index (χ4v) is 2.04. The van der Waals surface area contributed by atoms with Gasteiger partial charge in [0.25, 0.3) is 0 Å². The van der Waals surface area contributed by atoms with Crippen LogP contribution in [0.25, 0.3) is 0 Å². The smallest absolute Gasteiger partial charge is 0.164 e. The molecule has 1 aromatic rings. The van der Waals surface area contributed by atoms with Crippen LogP contribution in [0, 0.1) is 0 Å². The molecule has 0 N–H and O–H groups in total. The fraction of sp³-hybridized carbons (Fsp3) is 0.357. The van der Waals surface area contributed by atoms with Gasteiger partial charge in [-0.25, -0.2) is 0 Å². The van der Waals surface area contributed by atoms with Gasteiger partial charge in [-0.05, 0) is 18.6 Å². The van der Waals surface area contributed by atoms with Gasteiger partial charge in [0.15, 0.2) is 5.78 Å². The lowest BCUT2D eigenvalue weighted by Gasteiger charge is -2.27. The second-order valence-corrected chi connectivity index (χ2v) is 4.00. The van der Waals surface area contributed by atoms with E-state index in [1.807, 2.05) is 31.2 Å². The minimum Gasteiger partial charge on any atom is -0.367 e. The van der Waals surface area contributed by atoms with Gasteiger partial charge in [-0.2, -0.15) is 0 Å². The van der Waals surface area contributed by atoms with E-state index in [1.54, 1.807) is 0 Å². The highest BCUT2D eigenvalue weighted by Crippen LogP contribution is 2.23. The lowest BCUT2D eigenvalue weighted by Crippen LogP contribution is -2.28. The number of ketones is 1. The molecular formula is C14H17NO. The summed E-state index contributed by atoms with van der Waals surface area (Å²) in [5.74, 6) is 0.227. The third-order valence-corrected chi connectivity index (χ3v) is 2.92. The average Bonchev–Trinajstić information content (AvgIpc) is 2.39. The van der Waals surface area contributed by atoms with Crippen molar-refractivity contribution >= 4 is 11.5 Å². The minimum atomic E-state index is 0.227. The molecule has 0 saturated heterocycles. The number of para-hydroxylation sites is 1. The van der Waals surface area contributed by atoms with E-state index in [-0.39, 0.29) is 5.78 Å². The minimum absolute atomic E-state index is 0.227. The average molecular weight is 215 g/mol. The molecular weight excluding hydrogens is 198 g/mol. The zero-order valence-corrected chi connectivity index (χ0v) is 9.65. The van der Waals surface area contributed by atoms with E-state index in [9.17, 15) is 4.79 Å². The third-order valence-electron chi connectivity index (χ3n) is 2.92. The van der Waals surface area contributed by atoms with E-state index < -0.39 is 0 Å². The summed E-state index contributed by atoms with van der Waals surface area (Å²) in [6, 6.07) is 7.91. The van der Waals surface area contributed by atoms with Gasteiger partial charge in [-0.15, -0.1) is 0 Å². The molecule has 0 radical (unpaired) electrons. The Balaban J connectivity index is 2.32. The molecule has 2 nitrogen and oxygen atoms in total. The number of hydrogen-bond donors (Lipinski definition) is 0. The van der Waals surface area contributed by atoms with Crippen LogP contribution in [-0.4, -0.2) is 18.9 Å². The van der Waals surface area contributed by atoms with Gasteiger partial charge in [-0.1, -0.05) is 31.2 Å². The summed E-state index contributed by atoms with van der Waals surface area (Å²) < 4.78 is 0. The van der Waals surface area contributed by atoms with Crippen molar-refractivity contribution in [2.24, 2.45) is 0 Å². The van der Waals surface area contributed by atoms with Crippen LogP contribution in [0.3, 0.4) is 0 Å². The highest BCUT2D eigenvalue weighted by molar-refractivity contribution is 6.01. The predicted molar refractivity (Wildman–Crippen MR) is 67.0 cm³/mol. The summed E-state index contributed by atoms with van der Waals surface area (Å²) in [6.45, 7) is 3.83. The zero-order valence-electron chi connectivity index (χ0n) is 9.65. The molecule has 16 heavy (non-hydrogen) atoms. The Morgan fingerprint density at radius 1 is 1.31 bits per heavy atom. The standard InChI is InChI=1S/C14H17NO/c1-2-14(16)12-8-4-5-9-13(12)15-10-6-3-7-11-15/h3-6,8-9H,2,7,10-11H2,1H3. The molecule has 0 spiro atoms. The summed E-state index contributed by atoms with van der Waals surface area (Å²) in [5.41, 5.74) is 1.94. The molecule has 1 aliphatic rings. The van der Waals surface area contributed by atoms with Crippen LogP contribution in [0.2, 0.25) is 0 Å². The topological polar surface area (TPSA) is 20.3 Å². The molecule has 0 saturated carbocycles. The molecule has 0 bridgehead atoms. The van der Waals surface area contributed by atoms with Crippen molar-refractivity contribution in [1.29, 1.82) is 0 Å². The van der Waals surface area contributed by atoms with Gasteiger partial charge >= 0.3 is 0 Å². The fourth-order valence-electron chi connectivity index (χ4n) is 2.04. The van der Waals surface area contributed by atoms with Gasteiger partial charge in [0, 0.05) is 30.8 Å². The molecule has 2 heteroatoms. The Morgan fingerprint density at radius 3 is 2.81 bits per heavy atom. The van der Waals surface area contributed by atoms with Crippen molar-refractivity contribution in [3.05, 3.63) is 42.0 Å². The zero-order chi connectivity index (χ0) is 11.4. The molecule has 0 amide bonds. The first kappa shape index (κ1) is 10.9. The van der Waals surface area contributed by atoms with E-state index in [2.05, 4.69) is 17.1 Å². The number of carbonyl (C=O) groups is 1. The highest BCUT2D eigenvalue weighted by Gasteiger charge is 2.14. The maximum atomic E-state index is 11.8. The number of anilines is 1. The molecule has 0 unspecified atom stereocenters. The normalized spacial score (nSPS) is 15.2. The summed E-state index contributed by atoms with van der Waals surface area (Å²) in [7, 11) is 0. The van der Waals surface area contributed by atoms with Crippen LogP contribution in [0.15, 0.2) is 36.4 Å². The molecule has 0 aliphatic carbocycles. The van der Waals surface area contributed by atoms with Crippen molar-refractivity contribution in [3.8, 4) is 0 Å². The second-order valence-electron chi connectivity index (χ2n) is 4.00. The van der Waals surface area contributed by atoms with Gasteiger partial charge in [0.2, 0.25) is 0 Å². The van der Waals surface area contributed by atoms with Crippen molar-refractivity contribution in [1.82, 2.24) is 0 Å². The lowest BCUT2D eigenvalue weighted by molar-refractivity contribution is 0.0988.